The highest BCUT2D eigenvalue weighted by Crippen LogP contribution is 2.49. The number of hydrogen-bond acceptors (Lipinski definition) is 7. The molecular weight excluding hydrogens is 620 g/mol. The number of pyridine rings is 1. The summed E-state index contributed by atoms with van der Waals surface area (Å²) in [5.41, 5.74) is 5.34. The molecule has 2 amide bonds. The van der Waals surface area contributed by atoms with Gasteiger partial charge in [-0.25, -0.2) is 9.78 Å². The minimum absolute atomic E-state index is 0.0467. The number of likely N-dealkylation sites (tertiary alicyclic amines) is 1. The molecule has 2 aliphatic heterocycles. The molecule has 2 aromatic heterocycles. The summed E-state index contributed by atoms with van der Waals surface area (Å²) in [5, 5.41) is 6.33. The van der Waals surface area contributed by atoms with Crippen molar-refractivity contribution in [1.29, 1.82) is 0 Å². The van der Waals surface area contributed by atoms with Gasteiger partial charge in [-0.15, -0.1) is 0 Å². The van der Waals surface area contributed by atoms with Crippen LogP contribution in [0.3, 0.4) is 0 Å². The molecule has 7 rings (SSSR count). The number of aromatic nitrogens is 3. The summed E-state index contributed by atoms with van der Waals surface area (Å²) in [6, 6.07) is 13.6. The van der Waals surface area contributed by atoms with Crippen molar-refractivity contribution in [3.63, 3.8) is 0 Å². The van der Waals surface area contributed by atoms with E-state index in [1.165, 1.54) is 30.4 Å². The Labute approximate surface area is 276 Å². The van der Waals surface area contributed by atoms with Crippen LogP contribution >= 0.6 is 11.6 Å². The van der Waals surface area contributed by atoms with E-state index in [1.54, 1.807) is 13.2 Å². The number of carbonyl (C=O) groups excluding carboxylic acids is 2. The topological polar surface area (TPSA) is 128 Å². The fraction of sp³-hybridized carbons (Fsp3) is 0.343. The normalized spacial score (nSPS) is 18.1. The zero-order valence-electron chi connectivity index (χ0n) is 26.6. The van der Waals surface area contributed by atoms with Crippen molar-refractivity contribution in [3.8, 4) is 28.3 Å². The van der Waals surface area contributed by atoms with E-state index in [2.05, 4.69) is 21.6 Å². The SMILES string of the molecule is COc1nc(-c2cccc(-c3cccc(NC(=O)c4cn(C)c(=O)n(C)c4=O)c3C)c2Cl)cc2c1C(N1CC3(CNC(=O)C3)C1)CC2. The molecule has 1 atom stereocenters. The zero-order chi connectivity index (χ0) is 33.2. The predicted octanol–water partition coefficient (Wildman–Crippen LogP) is 3.84. The van der Waals surface area contributed by atoms with E-state index in [4.69, 9.17) is 21.3 Å². The van der Waals surface area contributed by atoms with Crippen molar-refractivity contribution in [2.75, 3.05) is 32.1 Å². The van der Waals surface area contributed by atoms with Gasteiger partial charge in [-0.3, -0.25) is 23.9 Å². The largest absolute Gasteiger partial charge is 0.481 e. The summed E-state index contributed by atoms with van der Waals surface area (Å²) in [5.74, 6) is 0.115. The number of methoxy groups -OCH3 is 1. The third-order valence-corrected chi connectivity index (χ3v) is 10.3. The molecule has 3 aliphatic rings. The highest BCUT2D eigenvalue weighted by Gasteiger charge is 2.51. The molecule has 2 saturated heterocycles. The van der Waals surface area contributed by atoms with Crippen molar-refractivity contribution < 1.29 is 14.3 Å². The number of nitrogens with one attached hydrogen (secondary N) is 2. The van der Waals surface area contributed by atoms with Gasteiger partial charge < -0.3 is 19.9 Å². The van der Waals surface area contributed by atoms with Crippen molar-refractivity contribution in [1.82, 2.24) is 24.3 Å². The number of anilines is 1. The maximum Gasteiger partial charge on any atom is 0.330 e. The fourth-order valence-electron chi connectivity index (χ4n) is 7.41. The van der Waals surface area contributed by atoms with Crippen molar-refractivity contribution in [3.05, 3.63) is 96.8 Å². The van der Waals surface area contributed by atoms with Crippen LogP contribution < -0.4 is 26.6 Å². The second-order valence-electron chi connectivity index (χ2n) is 12.9. The van der Waals surface area contributed by atoms with Crippen LogP contribution in [0.4, 0.5) is 5.69 Å². The Balaban J connectivity index is 1.18. The van der Waals surface area contributed by atoms with Crippen molar-refractivity contribution >= 4 is 29.1 Å². The van der Waals surface area contributed by atoms with Gasteiger partial charge >= 0.3 is 5.69 Å². The number of nitrogens with zero attached hydrogens (tertiary/aromatic N) is 4. The first kappa shape index (κ1) is 30.9. The van der Waals surface area contributed by atoms with Crippen LogP contribution in [0, 0.1) is 12.3 Å². The summed E-state index contributed by atoms with van der Waals surface area (Å²) in [6.45, 7) is 4.39. The Morgan fingerprint density at radius 3 is 2.53 bits per heavy atom. The molecule has 1 unspecified atom stereocenters. The molecule has 0 bridgehead atoms. The molecule has 0 radical (unpaired) electrons. The molecule has 0 saturated carbocycles. The summed E-state index contributed by atoms with van der Waals surface area (Å²) >= 11 is 7.13. The molecule has 2 fully saturated rings. The summed E-state index contributed by atoms with van der Waals surface area (Å²) < 4.78 is 7.97. The molecule has 11 nitrogen and oxygen atoms in total. The molecule has 2 aromatic carbocycles. The Morgan fingerprint density at radius 2 is 1.81 bits per heavy atom. The van der Waals surface area contributed by atoms with E-state index < -0.39 is 17.2 Å². The number of hydrogen-bond donors (Lipinski definition) is 2. The molecule has 12 heteroatoms. The molecule has 4 heterocycles. The first-order valence-electron chi connectivity index (χ1n) is 15.6. The maximum atomic E-state index is 13.2. The Kier molecular flexibility index (Phi) is 7.56. The van der Waals surface area contributed by atoms with Crippen LogP contribution in [0.25, 0.3) is 22.4 Å². The van der Waals surface area contributed by atoms with Gasteiger partial charge in [0.05, 0.1) is 17.8 Å². The Bertz CT molecular complexity index is 2100. The van der Waals surface area contributed by atoms with E-state index >= 15 is 0 Å². The first-order chi connectivity index (χ1) is 22.5. The number of ether oxygens (including phenoxy) is 1. The van der Waals surface area contributed by atoms with Gasteiger partial charge in [-0.1, -0.05) is 41.9 Å². The number of amides is 2. The highest BCUT2D eigenvalue weighted by molar-refractivity contribution is 6.36. The minimum atomic E-state index is -0.671. The molecule has 242 valence electrons. The zero-order valence-corrected chi connectivity index (χ0v) is 27.4. The lowest BCUT2D eigenvalue weighted by atomic mass is 9.77. The van der Waals surface area contributed by atoms with E-state index in [0.29, 0.717) is 28.7 Å². The van der Waals surface area contributed by atoms with Gasteiger partial charge in [0.15, 0.2) is 0 Å². The third kappa shape index (κ3) is 5.14. The minimum Gasteiger partial charge on any atom is -0.481 e. The average Bonchev–Trinajstić information content (AvgIpc) is 3.65. The van der Waals surface area contributed by atoms with E-state index in [-0.39, 0.29) is 22.9 Å². The quantitative estimate of drug-likeness (QED) is 0.323. The number of fused-ring (bicyclic) bond motifs is 1. The molecule has 2 N–H and O–H groups in total. The molecule has 4 aromatic rings. The lowest BCUT2D eigenvalue weighted by Gasteiger charge is -2.50. The van der Waals surface area contributed by atoms with Crippen LogP contribution in [-0.4, -0.2) is 57.6 Å². The first-order valence-corrected chi connectivity index (χ1v) is 15.9. The van der Waals surface area contributed by atoms with Crippen LogP contribution in [0.15, 0.2) is 58.3 Å². The van der Waals surface area contributed by atoms with Crippen LogP contribution in [0.5, 0.6) is 5.88 Å². The smallest absolute Gasteiger partial charge is 0.330 e. The van der Waals surface area contributed by atoms with Gasteiger partial charge in [0, 0.05) is 80.2 Å². The van der Waals surface area contributed by atoms with Gasteiger partial charge in [-0.2, -0.15) is 0 Å². The number of aryl methyl sites for hydroxylation is 2. The number of carbonyl (C=O) groups is 2. The Morgan fingerprint density at radius 1 is 1.09 bits per heavy atom. The predicted molar refractivity (Wildman–Crippen MR) is 179 cm³/mol. The second kappa shape index (κ2) is 11.5. The number of halogens is 1. The molecule has 1 spiro atoms. The van der Waals surface area contributed by atoms with Gasteiger partial charge in [0.25, 0.3) is 11.5 Å². The van der Waals surface area contributed by atoms with Crippen LogP contribution in [0.1, 0.15) is 45.9 Å². The number of benzene rings is 2. The summed E-state index contributed by atoms with van der Waals surface area (Å²) in [7, 11) is 4.47. The maximum absolute atomic E-state index is 13.2. The Hall–Kier alpha value is -4.74. The highest BCUT2D eigenvalue weighted by atomic mass is 35.5. The third-order valence-electron chi connectivity index (χ3n) is 9.87. The average molecular weight is 655 g/mol. The summed E-state index contributed by atoms with van der Waals surface area (Å²) in [6.07, 6.45) is 3.69. The van der Waals surface area contributed by atoms with Crippen LogP contribution in [0.2, 0.25) is 5.02 Å². The second-order valence-corrected chi connectivity index (χ2v) is 13.3. The van der Waals surface area contributed by atoms with E-state index in [0.717, 1.165) is 64.9 Å². The lowest BCUT2D eigenvalue weighted by Crippen LogP contribution is -2.58. The molecule has 47 heavy (non-hydrogen) atoms. The van der Waals surface area contributed by atoms with Gasteiger partial charge in [0.1, 0.15) is 5.56 Å². The van der Waals surface area contributed by atoms with Crippen LogP contribution in [-0.2, 0) is 25.3 Å². The standard InChI is InChI=1S/C35H35ClN6O5/c1-19-21(7-6-10-25(19)38-31(44)24-15-40(2)34(46)41(3)33(24)45)22-8-5-9-23(30(22)36)26-13-20-11-12-27(29(20)32(39-26)47-4)42-17-35(18-42)14-28(43)37-16-35/h5-10,13,15,27H,11-12,14,16-18H2,1-4H3,(H,37,43)(H,38,44). The van der Waals surface area contributed by atoms with Crippen molar-refractivity contribution in [2.24, 2.45) is 19.5 Å². The van der Waals surface area contributed by atoms with Gasteiger partial charge in [0.2, 0.25) is 11.8 Å². The van der Waals surface area contributed by atoms with Gasteiger partial charge in [-0.05, 0) is 48.6 Å². The molecular formula is C35H35ClN6O5. The number of rotatable bonds is 6. The lowest BCUT2D eigenvalue weighted by molar-refractivity contribution is -0.121. The monoisotopic (exact) mass is 654 g/mol. The van der Waals surface area contributed by atoms with Crippen molar-refractivity contribution in [2.45, 2.75) is 32.2 Å². The van der Waals surface area contributed by atoms with E-state index in [9.17, 15) is 19.2 Å². The van der Waals surface area contributed by atoms with E-state index in [1.807, 2.05) is 37.3 Å². The molecule has 1 aliphatic carbocycles. The fourth-order valence-corrected chi connectivity index (χ4v) is 7.73. The summed E-state index contributed by atoms with van der Waals surface area (Å²) in [4.78, 5) is 57.2.